The number of aromatic nitrogens is 2. The Morgan fingerprint density at radius 3 is 1.56 bits per heavy atom. The van der Waals surface area contributed by atoms with Crippen LogP contribution in [0.2, 0.25) is 0 Å². The number of para-hydroxylation sites is 3. The Balaban J connectivity index is 0.000000200. The first-order valence-electron chi connectivity index (χ1n) is 24.0. The summed E-state index contributed by atoms with van der Waals surface area (Å²) in [4.78, 5) is 6.71. The van der Waals surface area contributed by atoms with Crippen molar-refractivity contribution in [2.24, 2.45) is 0 Å². The van der Waals surface area contributed by atoms with Crippen LogP contribution in [0.4, 0.5) is 0 Å². The average molecular weight is 925 g/mol. The highest BCUT2D eigenvalue weighted by molar-refractivity contribution is 7.33. The lowest BCUT2D eigenvalue weighted by Gasteiger charge is -2.38. The van der Waals surface area contributed by atoms with Gasteiger partial charge in [0.15, 0.2) is 23.0 Å². The monoisotopic (exact) mass is 925 g/mol. The van der Waals surface area contributed by atoms with Crippen LogP contribution in [0.5, 0.6) is 23.0 Å². The van der Waals surface area contributed by atoms with Crippen LogP contribution in [0.25, 0.3) is 44.9 Å². The van der Waals surface area contributed by atoms with E-state index in [1.54, 1.807) is 7.11 Å². The van der Waals surface area contributed by atoms with Gasteiger partial charge in [-0.2, -0.15) is 0 Å². The molecule has 5 aromatic carbocycles. The zero-order valence-corrected chi connectivity index (χ0v) is 44.6. The number of benzene rings is 5. The number of hydrogen-bond acceptors (Lipinski definition) is 3. The maximum absolute atomic E-state index is 6.66. The highest BCUT2D eigenvalue weighted by Crippen LogP contribution is 2.57. The van der Waals surface area contributed by atoms with E-state index in [0.29, 0.717) is 14.5 Å². The van der Waals surface area contributed by atoms with Crippen LogP contribution in [0.1, 0.15) is 149 Å². The second kappa shape index (κ2) is 22.8. The Kier molecular flexibility index (Phi) is 18.0. The lowest BCUT2D eigenvalue weighted by molar-refractivity contribution is 0.348. The van der Waals surface area contributed by atoms with Crippen molar-refractivity contribution in [3.63, 3.8) is 0 Å². The van der Waals surface area contributed by atoms with E-state index in [4.69, 9.17) is 14.0 Å². The molecule has 2 aromatic heterocycles. The third-order valence-corrected chi connectivity index (χ3v) is 15.1. The van der Waals surface area contributed by atoms with E-state index in [1.807, 2.05) is 25.1 Å². The first kappa shape index (κ1) is 52.2. The van der Waals surface area contributed by atoms with Crippen LogP contribution in [-0.4, -0.2) is 28.4 Å². The Morgan fingerprint density at radius 2 is 1.14 bits per heavy atom. The summed E-state index contributed by atoms with van der Waals surface area (Å²) in [5, 5.41) is 3.86. The summed E-state index contributed by atoms with van der Waals surface area (Å²) in [6, 6.07) is 34.0. The summed E-state index contributed by atoms with van der Waals surface area (Å²) >= 11 is 0. The van der Waals surface area contributed by atoms with E-state index in [1.165, 1.54) is 67.9 Å². The van der Waals surface area contributed by atoms with Gasteiger partial charge in [-0.15, -0.1) is 9.24 Å². The fourth-order valence-corrected chi connectivity index (χ4v) is 8.84. The van der Waals surface area contributed by atoms with Gasteiger partial charge in [0, 0.05) is 66.2 Å². The molecular weight excluding hydrogens is 847 g/mol. The Labute approximate surface area is 401 Å². The fourth-order valence-electron chi connectivity index (χ4n) is 8.07. The molecule has 2 unspecified atom stereocenters. The SMILES string of the molecule is C=Cc1[nH]c2ccccc2c1/C=C\C.CCC(CC)POc1cc(C(C)(C)C)cc2c1Oc1c(OC)cc(C(C)(C)C)cc1C2(C)C.CCC(P)CC.c1ccc2c(c1)[nH]c1ccccc12. The number of methoxy groups -OCH3 is 1. The zero-order chi connectivity index (χ0) is 48.4. The highest BCUT2D eigenvalue weighted by atomic mass is 31.1. The lowest BCUT2D eigenvalue weighted by atomic mass is 9.72. The molecule has 5 nitrogen and oxygen atoms in total. The number of rotatable bonds is 10. The molecule has 0 radical (unpaired) electrons. The summed E-state index contributed by atoms with van der Waals surface area (Å²) < 4.78 is 19.0. The van der Waals surface area contributed by atoms with Gasteiger partial charge in [-0.05, 0) is 96.6 Å². The predicted octanol–water partition coefficient (Wildman–Crippen LogP) is 18.1. The van der Waals surface area contributed by atoms with Crippen molar-refractivity contribution in [2.45, 2.75) is 143 Å². The van der Waals surface area contributed by atoms with E-state index in [2.05, 4.69) is 206 Å². The first-order chi connectivity index (χ1) is 31.4. The van der Waals surface area contributed by atoms with E-state index in [9.17, 15) is 0 Å². The molecule has 0 saturated heterocycles. The van der Waals surface area contributed by atoms with Gasteiger partial charge >= 0.3 is 0 Å². The van der Waals surface area contributed by atoms with Crippen LogP contribution < -0.4 is 14.0 Å². The quantitative estimate of drug-likeness (QED) is 0.134. The minimum atomic E-state index is -0.255. The van der Waals surface area contributed by atoms with Crippen LogP contribution in [0, 0.1) is 0 Å². The van der Waals surface area contributed by atoms with Gasteiger partial charge in [0.25, 0.3) is 0 Å². The molecule has 1 aliphatic rings. The molecule has 0 aliphatic carbocycles. The molecule has 2 atom stereocenters. The number of hydrogen-bond donors (Lipinski definition) is 2. The van der Waals surface area contributed by atoms with Gasteiger partial charge in [0.2, 0.25) is 0 Å². The normalized spacial score (nSPS) is 13.2. The van der Waals surface area contributed by atoms with Gasteiger partial charge < -0.3 is 24.0 Å². The van der Waals surface area contributed by atoms with E-state index in [0.717, 1.165) is 52.7 Å². The van der Waals surface area contributed by atoms with Crippen LogP contribution in [0.3, 0.4) is 0 Å². The van der Waals surface area contributed by atoms with E-state index in [-0.39, 0.29) is 16.2 Å². The summed E-state index contributed by atoms with van der Waals surface area (Å²) in [5.74, 6) is 3.27. The molecule has 7 heteroatoms. The molecule has 352 valence electrons. The largest absolute Gasteiger partial charge is 0.493 e. The molecular formula is C59H78N2O3P2. The van der Waals surface area contributed by atoms with Gasteiger partial charge in [0.05, 0.1) is 15.9 Å². The van der Waals surface area contributed by atoms with Gasteiger partial charge in [-0.25, -0.2) is 0 Å². The van der Waals surface area contributed by atoms with Crippen molar-refractivity contribution in [3.8, 4) is 23.0 Å². The number of allylic oxidation sites excluding steroid dienone is 1. The Hall–Kier alpha value is -4.82. The average Bonchev–Trinajstić information content (AvgIpc) is 3.87. The number of fused-ring (bicyclic) bond motifs is 6. The maximum atomic E-state index is 6.66. The third-order valence-electron chi connectivity index (χ3n) is 12.7. The molecule has 0 fully saturated rings. The van der Waals surface area contributed by atoms with Crippen LogP contribution in [-0.2, 0) is 16.2 Å². The minimum Gasteiger partial charge on any atom is -0.493 e. The topological polar surface area (TPSA) is 59.3 Å². The van der Waals surface area contributed by atoms with Gasteiger partial charge in [-0.3, -0.25) is 0 Å². The summed E-state index contributed by atoms with van der Waals surface area (Å²) in [6.45, 7) is 32.8. The molecule has 7 aromatic rings. The smallest absolute Gasteiger partial charge is 0.173 e. The maximum Gasteiger partial charge on any atom is 0.173 e. The molecule has 2 N–H and O–H groups in total. The molecule has 8 rings (SSSR count). The molecule has 66 heavy (non-hydrogen) atoms. The summed E-state index contributed by atoms with van der Waals surface area (Å²) in [6.07, 6.45) is 10.8. The van der Waals surface area contributed by atoms with E-state index < -0.39 is 0 Å². The number of nitrogens with one attached hydrogen (secondary N) is 2. The number of aromatic amines is 2. The standard InChI is InChI=1S/C29H43O3P.C13H13N.C12H9N.C5H13P/c1-12-20(13-2)33-32-24-17-19(28(6,7)8)15-22-26(24)31-25-21(29(22,9)10)14-18(27(3,4)5)16-23(25)30-11;1-3-7-10-11-8-5-6-9-13(11)14-12(10)4-2;1-3-7-11-9(5-1)10-6-2-4-8-12(10)13-11;1-3-5(6)4-2/h14-17,20,33H,12-13H2,1-11H3;3-9,14H,2H2,1H3;1-8,13H;5H,3-4,6H2,1-2H3/b;7-3-;;. The number of ether oxygens (including phenoxy) is 2. The van der Waals surface area contributed by atoms with Gasteiger partial charge in [-0.1, -0.05) is 169 Å². The molecule has 0 saturated carbocycles. The van der Waals surface area contributed by atoms with Gasteiger partial charge in [0.1, 0.15) is 0 Å². The van der Waals surface area contributed by atoms with Crippen LogP contribution in [0.15, 0.2) is 110 Å². The molecule has 1 aliphatic heterocycles. The van der Waals surface area contributed by atoms with Crippen molar-refractivity contribution in [3.05, 3.63) is 143 Å². The summed E-state index contributed by atoms with van der Waals surface area (Å²) in [7, 11) is 4.95. The molecule has 0 spiro atoms. The fraction of sp³-hybridized carbons (Fsp3) is 0.390. The van der Waals surface area contributed by atoms with E-state index >= 15 is 0 Å². The highest BCUT2D eigenvalue weighted by Gasteiger charge is 2.40. The van der Waals surface area contributed by atoms with Crippen molar-refractivity contribution < 1.29 is 14.0 Å². The van der Waals surface area contributed by atoms with Crippen molar-refractivity contribution >= 4 is 62.9 Å². The van der Waals surface area contributed by atoms with Crippen molar-refractivity contribution in [2.75, 3.05) is 7.11 Å². The van der Waals surface area contributed by atoms with Crippen molar-refractivity contribution in [1.82, 2.24) is 9.97 Å². The zero-order valence-electron chi connectivity index (χ0n) is 42.5. The second-order valence-electron chi connectivity index (χ2n) is 19.9. The minimum absolute atomic E-state index is 0.00642. The third kappa shape index (κ3) is 12.2. The lowest BCUT2D eigenvalue weighted by Crippen LogP contribution is -2.27. The Morgan fingerprint density at radius 1 is 0.682 bits per heavy atom. The van der Waals surface area contributed by atoms with Crippen LogP contribution >= 0.6 is 18.0 Å². The van der Waals surface area contributed by atoms with Crippen molar-refractivity contribution in [1.29, 1.82) is 0 Å². The second-order valence-corrected chi connectivity index (χ2v) is 22.1. The Bertz CT molecular complexity index is 2670. The first-order valence-corrected chi connectivity index (χ1v) is 25.6. The molecule has 3 heterocycles. The predicted molar refractivity (Wildman–Crippen MR) is 295 cm³/mol. The molecule has 0 bridgehead atoms. The number of H-pyrrole nitrogens is 2. The molecule has 0 amide bonds. The summed E-state index contributed by atoms with van der Waals surface area (Å²) in [5.41, 5.74) is 11.9.